The van der Waals surface area contributed by atoms with Gasteiger partial charge in [-0.05, 0) is 43.4 Å². The molecule has 1 aliphatic carbocycles. The van der Waals surface area contributed by atoms with Crippen molar-refractivity contribution in [2.24, 2.45) is 16.8 Å². The lowest BCUT2D eigenvalue weighted by Crippen LogP contribution is -2.45. The number of carbonyl (C=O) groups excluding carboxylic acids is 1. The Morgan fingerprint density at radius 1 is 1.29 bits per heavy atom. The zero-order valence-corrected chi connectivity index (χ0v) is 14.7. The van der Waals surface area contributed by atoms with Crippen molar-refractivity contribution in [2.45, 2.75) is 31.8 Å². The second kappa shape index (κ2) is 5.59. The van der Waals surface area contributed by atoms with Gasteiger partial charge in [0.1, 0.15) is 17.1 Å². The highest BCUT2D eigenvalue weighted by Gasteiger charge is 2.59. The number of ether oxygens (including phenoxy) is 1. The predicted molar refractivity (Wildman–Crippen MR) is 93.1 cm³/mol. The number of nitrogens with zero attached hydrogens (tertiary/aromatic N) is 3. The molecule has 2 aliphatic heterocycles. The molecule has 0 bridgehead atoms. The fourth-order valence-electron chi connectivity index (χ4n) is 4.76. The second-order valence-electron chi connectivity index (χ2n) is 7.39. The molecule has 3 aliphatic rings. The Morgan fingerprint density at radius 3 is 2.67 bits per heavy atom. The van der Waals surface area contributed by atoms with E-state index in [1.54, 1.807) is 12.0 Å². The van der Waals surface area contributed by atoms with Crippen molar-refractivity contribution in [2.75, 3.05) is 27.2 Å². The van der Waals surface area contributed by atoms with Crippen LogP contribution in [0.25, 0.3) is 0 Å². The van der Waals surface area contributed by atoms with E-state index < -0.39 is 5.54 Å². The fraction of sp³-hybridized carbons (Fsp3) is 0.579. The summed E-state index contributed by atoms with van der Waals surface area (Å²) in [4.78, 5) is 21.9. The average molecular weight is 327 g/mol. The number of amidine groups is 1. The van der Waals surface area contributed by atoms with Crippen molar-refractivity contribution in [3.63, 3.8) is 0 Å². The van der Waals surface area contributed by atoms with E-state index in [-0.39, 0.29) is 5.91 Å². The quantitative estimate of drug-likeness (QED) is 0.855. The first-order chi connectivity index (χ1) is 11.5. The molecule has 24 heavy (non-hydrogen) atoms. The van der Waals surface area contributed by atoms with Crippen molar-refractivity contribution in [3.05, 3.63) is 29.8 Å². The first-order valence-electron chi connectivity index (χ1n) is 8.73. The number of amides is 1. The zero-order valence-electron chi connectivity index (χ0n) is 14.7. The van der Waals surface area contributed by atoms with Crippen LogP contribution >= 0.6 is 0 Å². The molecule has 3 atom stereocenters. The summed E-state index contributed by atoms with van der Waals surface area (Å²) < 4.78 is 5.22. The van der Waals surface area contributed by atoms with Crippen molar-refractivity contribution in [1.82, 2.24) is 9.80 Å². The standard InChI is InChI=1S/C19H25N3O2/c1-13-20-19(18(23)21(13)2)9-8-15-11-22(12-17(15)19)10-14-4-6-16(24-3)7-5-14/h4-7,15,17H,8-12H2,1-3H3/t15-,17+,19-/m0/s1. The number of likely N-dealkylation sites (tertiary alicyclic amines) is 1. The van der Waals surface area contributed by atoms with Crippen LogP contribution in [0.3, 0.4) is 0 Å². The summed E-state index contributed by atoms with van der Waals surface area (Å²) >= 11 is 0. The molecule has 0 radical (unpaired) electrons. The second-order valence-corrected chi connectivity index (χ2v) is 7.39. The lowest BCUT2D eigenvalue weighted by atomic mass is 9.85. The van der Waals surface area contributed by atoms with E-state index in [0.717, 1.165) is 44.1 Å². The van der Waals surface area contributed by atoms with Gasteiger partial charge in [0, 0.05) is 32.6 Å². The Bertz CT molecular complexity index is 684. The van der Waals surface area contributed by atoms with E-state index in [1.165, 1.54) is 5.56 Å². The van der Waals surface area contributed by atoms with Crippen LogP contribution in [0.2, 0.25) is 0 Å². The molecule has 4 rings (SSSR count). The SMILES string of the molecule is COc1ccc(CN2C[C@@H]3CC[C@]4(N=C(C)N(C)C4=O)[C@@H]3C2)cc1. The van der Waals surface area contributed by atoms with Gasteiger partial charge in [-0.25, -0.2) is 0 Å². The number of hydrogen-bond acceptors (Lipinski definition) is 4. The molecule has 1 amide bonds. The highest BCUT2D eigenvalue weighted by molar-refractivity contribution is 6.07. The summed E-state index contributed by atoms with van der Waals surface area (Å²) in [5.74, 6) is 2.92. The molecular formula is C19H25N3O2. The van der Waals surface area contributed by atoms with Crippen molar-refractivity contribution < 1.29 is 9.53 Å². The number of benzene rings is 1. The fourth-order valence-corrected chi connectivity index (χ4v) is 4.76. The zero-order chi connectivity index (χ0) is 16.9. The number of fused-ring (bicyclic) bond motifs is 2. The number of hydrogen-bond donors (Lipinski definition) is 0. The first kappa shape index (κ1) is 15.6. The molecular weight excluding hydrogens is 302 g/mol. The van der Waals surface area contributed by atoms with Crippen LogP contribution in [-0.4, -0.2) is 54.3 Å². The highest BCUT2D eigenvalue weighted by atomic mass is 16.5. The minimum Gasteiger partial charge on any atom is -0.497 e. The molecule has 1 aromatic carbocycles. The van der Waals surface area contributed by atoms with E-state index in [1.807, 2.05) is 26.1 Å². The molecule has 5 heteroatoms. The Morgan fingerprint density at radius 2 is 2.04 bits per heavy atom. The summed E-state index contributed by atoms with van der Waals surface area (Å²) in [6.07, 6.45) is 2.03. The van der Waals surface area contributed by atoms with Gasteiger partial charge >= 0.3 is 0 Å². The van der Waals surface area contributed by atoms with Crippen molar-refractivity contribution in [3.8, 4) is 5.75 Å². The van der Waals surface area contributed by atoms with E-state index in [2.05, 4.69) is 17.0 Å². The number of rotatable bonds is 3. The van der Waals surface area contributed by atoms with Crippen LogP contribution < -0.4 is 4.74 Å². The maximum atomic E-state index is 12.8. The smallest absolute Gasteiger partial charge is 0.255 e. The predicted octanol–water partition coefficient (Wildman–Crippen LogP) is 2.17. The maximum Gasteiger partial charge on any atom is 0.255 e. The van der Waals surface area contributed by atoms with Crippen LogP contribution in [0.1, 0.15) is 25.3 Å². The molecule has 0 aromatic heterocycles. The van der Waals surface area contributed by atoms with E-state index in [4.69, 9.17) is 9.73 Å². The summed E-state index contributed by atoms with van der Waals surface area (Å²) in [5.41, 5.74) is 0.817. The molecule has 5 nitrogen and oxygen atoms in total. The third-order valence-corrected chi connectivity index (χ3v) is 6.11. The molecule has 1 aromatic rings. The van der Waals surface area contributed by atoms with Gasteiger partial charge in [-0.3, -0.25) is 14.7 Å². The molecule has 2 heterocycles. The third-order valence-electron chi connectivity index (χ3n) is 6.11. The van der Waals surface area contributed by atoms with E-state index in [9.17, 15) is 4.79 Å². The number of likely N-dealkylation sites (N-methyl/N-ethyl adjacent to an activating group) is 1. The van der Waals surface area contributed by atoms with Crippen LogP contribution in [0.15, 0.2) is 29.3 Å². The number of methoxy groups -OCH3 is 1. The lowest BCUT2D eigenvalue weighted by molar-refractivity contribution is -0.131. The molecule has 1 saturated carbocycles. The minimum atomic E-state index is -0.474. The van der Waals surface area contributed by atoms with Crippen LogP contribution in [0.4, 0.5) is 0 Å². The summed E-state index contributed by atoms with van der Waals surface area (Å²) in [5, 5.41) is 0. The van der Waals surface area contributed by atoms with Crippen LogP contribution in [-0.2, 0) is 11.3 Å². The monoisotopic (exact) mass is 327 g/mol. The topological polar surface area (TPSA) is 45.1 Å². The number of carbonyl (C=O) groups is 1. The van der Waals surface area contributed by atoms with Gasteiger partial charge in [-0.15, -0.1) is 0 Å². The highest BCUT2D eigenvalue weighted by Crippen LogP contribution is 2.50. The molecule has 128 valence electrons. The van der Waals surface area contributed by atoms with Gasteiger partial charge < -0.3 is 9.64 Å². The van der Waals surface area contributed by atoms with E-state index in [0.29, 0.717) is 11.8 Å². The van der Waals surface area contributed by atoms with Gasteiger partial charge in [0.25, 0.3) is 5.91 Å². The van der Waals surface area contributed by atoms with Crippen LogP contribution in [0.5, 0.6) is 5.75 Å². The molecule has 0 N–H and O–H groups in total. The average Bonchev–Trinajstić information content (AvgIpc) is 3.20. The largest absolute Gasteiger partial charge is 0.497 e. The van der Waals surface area contributed by atoms with Crippen molar-refractivity contribution in [1.29, 1.82) is 0 Å². The summed E-state index contributed by atoms with van der Waals surface area (Å²) in [6.45, 7) is 4.92. The van der Waals surface area contributed by atoms with Gasteiger partial charge in [-0.2, -0.15) is 0 Å². The molecule has 2 fully saturated rings. The van der Waals surface area contributed by atoms with Gasteiger partial charge in [0.15, 0.2) is 0 Å². The molecule has 1 saturated heterocycles. The van der Waals surface area contributed by atoms with E-state index >= 15 is 0 Å². The summed E-state index contributed by atoms with van der Waals surface area (Å²) in [6, 6.07) is 8.27. The van der Waals surface area contributed by atoms with Crippen LogP contribution in [0, 0.1) is 11.8 Å². The maximum absolute atomic E-state index is 12.8. The third kappa shape index (κ3) is 2.25. The Balaban J connectivity index is 1.49. The Kier molecular flexibility index (Phi) is 3.64. The summed E-state index contributed by atoms with van der Waals surface area (Å²) in [7, 11) is 3.54. The van der Waals surface area contributed by atoms with Gasteiger partial charge in [0.2, 0.25) is 0 Å². The molecule has 0 unspecified atom stereocenters. The van der Waals surface area contributed by atoms with Gasteiger partial charge in [-0.1, -0.05) is 12.1 Å². The molecule has 1 spiro atoms. The first-order valence-corrected chi connectivity index (χ1v) is 8.73. The Hall–Kier alpha value is -1.88. The van der Waals surface area contributed by atoms with Gasteiger partial charge in [0.05, 0.1) is 7.11 Å². The minimum absolute atomic E-state index is 0.207. The Labute approximate surface area is 143 Å². The number of aliphatic imine (C=N–C) groups is 1. The van der Waals surface area contributed by atoms with Crippen molar-refractivity contribution >= 4 is 11.7 Å². The normalized spacial score (nSPS) is 32.5. The lowest BCUT2D eigenvalue weighted by Gasteiger charge is -2.27.